The third kappa shape index (κ3) is 2.66. The molecule has 1 aromatic heterocycles. The van der Waals surface area contributed by atoms with Crippen molar-refractivity contribution in [3.8, 4) is 11.5 Å². The number of para-hydroxylation sites is 1. The van der Waals surface area contributed by atoms with E-state index in [1.54, 1.807) is 12.3 Å². The van der Waals surface area contributed by atoms with Crippen molar-refractivity contribution in [1.82, 2.24) is 4.98 Å². The summed E-state index contributed by atoms with van der Waals surface area (Å²) in [5.41, 5.74) is 0.925. The first-order valence-corrected chi connectivity index (χ1v) is 6.56. The van der Waals surface area contributed by atoms with Crippen molar-refractivity contribution in [3.05, 3.63) is 47.9 Å². The van der Waals surface area contributed by atoms with Crippen molar-refractivity contribution < 1.29 is 13.9 Å². The predicted molar refractivity (Wildman–Crippen MR) is 73.6 cm³/mol. The lowest BCUT2D eigenvalue weighted by molar-refractivity contribution is 0.296. The van der Waals surface area contributed by atoms with E-state index >= 15 is 0 Å². The van der Waals surface area contributed by atoms with E-state index in [1.807, 2.05) is 18.2 Å². The Morgan fingerprint density at radius 1 is 1.15 bits per heavy atom. The van der Waals surface area contributed by atoms with E-state index in [1.165, 1.54) is 6.07 Å². The summed E-state index contributed by atoms with van der Waals surface area (Å²) >= 11 is 0. The van der Waals surface area contributed by atoms with Crippen molar-refractivity contribution in [2.45, 2.75) is 13.0 Å². The van der Waals surface area contributed by atoms with E-state index in [2.05, 4.69) is 10.3 Å². The molecule has 0 fully saturated rings. The van der Waals surface area contributed by atoms with Crippen LogP contribution in [0, 0.1) is 5.82 Å². The van der Waals surface area contributed by atoms with E-state index in [0.717, 1.165) is 23.5 Å². The van der Waals surface area contributed by atoms with Crippen LogP contribution in [0.25, 0.3) is 0 Å². The summed E-state index contributed by atoms with van der Waals surface area (Å²) in [5, 5.41) is 2.98. The van der Waals surface area contributed by atoms with Gasteiger partial charge in [0.2, 0.25) is 0 Å². The summed E-state index contributed by atoms with van der Waals surface area (Å²) < 4.78 is 24.9. The summed E-state index contributed by atoms with van der Waals surface area (Å²) in [5.74, 6) is 1.34. The number of aromatic nitrogens is 1. The lowest BCUT2D eigenvalue weighted by Crippen LogP contribution is -2.06. The molecule has 0 saturated heterocycles. The van der Waals surface area contributed by atoms with Crippen LogP contribution in [0.1, 0.15) is 12.0 Å². The number of ether oxygens (including phenoxy) is 2. The average Bonchev–Trinajstić information content (AvgIpc) is 2.72. The SMILES string of the molecule is Fc1cccnc1NCc1cccc2c1OCCCO2. The minimum Gasteiger partial charge on any atom is -0.490 e. The lowest BCUT2D eigenvalue weighted by atomic mass is 10.2. The van der Waals surface area contributed by atoms with Crippen LogP contribution >= 0.6 is 0 Å². The molecule has 0 spiro atoms. The highest BCUT2D eigenvalue weighted by molar-refractivity contribution is 5.49. The first-order valence-electron chi connectivity index (χ1n) is 6.56. The first kappa shape index (κ1) is 12.7. The Morgan fingerprint density at radius 3 is 2.95 bits per heavy atom. The highest BCUT2D eigenvalue weighted by Gasteiger charge is 2.14. The maximum absolute atomic E-state index is 13.5. The minimum atomic E-state index is -0.369. The van der Waals surface area contributed by atoms with Gasteiger partial charge < -0.3 is 14.8 Å². The summed E-state index contributed by atoms with van der Waals surface area (Å²) in [7, 11) is 0. The number of nitrogens with zero attached hydrogens (tertiary/aromatic N) is 1. The molecule has 104 valence electrons. The molecular weight excluding hydrogens is 259 g/mol. The van der Waals surface area contributed by atoms with Gasteiger partial charge in [-0.05, 0) is 18.2 Å². The highest BCUT2D eigenvalue weighted by Crippen LogP contribution is 2.33. The standard InChI is InChI=1S/C15H15FN2O2/c16-12-5-2-7-17-15(12)18-10-11-4-1-6-13-14(11)20-9-3-8-19-13/h1-2,4-7H,3,8-10H2,(H,17,18). The van der Waals surface area contributed by atoms with E-state index in [0.29, 0.717) is 19.8 Å². The van der Waals surface area contributed by atoms with E-state index in [9.17, 15) is 4.39 Å². The van der Waals surface area contributed by atoms with Gasteiger partial charge in [0.1, 0.15) is 0 Å². The maximum Gasteiger partial charge on any atom is 0.166 e. The number of fused-ring (bicyclic) bond motifs is 1. The van der Waals surface area contributed by atoms with Gasteiger partial charge in [0.05, 0.1) is 13.2 Å². The van der Waals surface area contributed by atoms with E-state index < -0.39 is 0 Å². The van der Waals surface area contributed by atoms with Crippen LogP contribution in [0.5, 0.6) is 11.5 Å². The smallest absolute Gasteiger partial charge is 0.166 e. The molecule has 0 amide bonds. The zero-order valence-corrected chi connectivity index (χ0v) is 10.9. The number of anilines is 1. The number of hydrogen-bond donors (Lipinski definition) is 1. The molecule has 1 aliphatic rings. The molecule has 2 heterocycles. The molecule has 0 atom stereocenters. The largest absolute Gasteiger partial charge is 0.490 e. The monoisotopic (exact) mass is 274 g/mol. The number of benzene rings is 1. The molecule has 1 aromatic carbocycles. The molecule has 0 saturated carbocycles. The van der Waals surface area contributed by atoms with Crippen molar-refractivity contribution in [2.75, 3.05) is 18.5 Å². The molecule has 2 aromatic rings. The number of hydrogen-bond acceptors (Lipinski definition) is 4. The van der Waals surface area contributed by atoms with Gasteiger partial charge in [0.15, 0.2) is 23.1 Å². The van der Waals surface area contributed by atoms with E-state index in [-0.39, 0.29) is 11.6 Å². The topological polar surface area (TPSA) is 43.4 Å². The average molecular weight is 274 g/mol. The fourth-order valence-corrected chi connectivity index (χ4v) is 2.09. The van der Waals surface area contributed by atoms with Gasteiger partial charge in [-0.15, -0.1) is 0 Å². The second-order valence-electron chi connectivity index (χ2n) is 4.48. The van der Waals surface area contributed by atoms with Crippen molar-refractivity contribution in [1.29, 1.82) is 0 Å². The molecule has 4 nitrogen and oxygen atoms in total. The molecule has 5 heteroatoms. The van der Waals surface area contributed by atoms with Crippen LogP contribution in [0.2, 0.25) is 0 Å². The predicted octanol–water partition coefficient (Wildman–Crippen LogP) is 2.99. The van der Waals surface area contributed by atoms with Gasteiger partial charge in [0, 0.05) is 24.7 Å². The second kappa shape index (κ2) is 5.77. The number of rotatable bonds is 3. The van der Waals surface area contributed by atoms with Crippen LogP contribution in [-0.4, -0.2) is 18.2 Å². The van der Waals surface area contributed by atoms with Gasteiger partial charge >= 0.3 is 0 Å². The lowest BCUT2D eigenvalue weighted by Gasteiger charge is -2.13. The van der Waals surface area contributed by atoms with Gasteiger partial charge in [-0.25, -0.2) is 9.37 Å². The molecular formula is C15H15FN2O2. The number of pyridine rings is 1. The minimum absolute atomic E-state index is 0.236. The normalized spacial score (nSPS) is 13.7. The van der Waals surface area contributed by atoms with Crippen LogP contribution in [-0.2, 0) is 6.54 Å². The fourth-order valence-electron chi connectivity index (χ4n) is 2.09. The van der Waals surface area contributed by atoms with Crippen LogP contribution in [0.4, 0.5) is 10.2 Å². The van der Waals surface area contributed by atoms with Crippen molar-refractivity contribution in [3.63, 3.8) is 0 Å². The third-order valence-corrected chi connectivity index (χ3v) is 3.06. The Bertz CT molecular complexity index is 604. The Hall–Kier alpha value is -2.30. The molecule has 3 rings (SSSR count). The quantitative estimate of drug-likeness (QED) is 0.934. The molecule has 0 bridgehead atoms. The Labute approximate surface area is 116 Å². The van der Waals surface area contributed by atoms with Crippen molar-refractivity contribution in [2.24, 2.45) is 0 Å². The maximum atomic E-state index is 13.5. The van der Waals surface area contributed by atoms with Crippen LogP contribution in [0.15, 0.2) is 36.5 Å². The van der Waals surface area contributed by atoms with Crippen LogP contribution < -0.4 is 14.8 Å². The van der Waals surface area contributed by atoms with Gasteiger partial charge in [-0.3, -0.25) is 0 Å². The number of nitrogens with one attached hydrogen (secondary N) is 1. The molecule has 20 heavy (non-hydrogen) atoms. The van der Waals surface area contributed by atoms with Crippen molar-refractivity contribution >= 4 is 5.82 Å². The zero-order valence-electron chi connectivity index (χ0n) is 10.9. The summed E-state index contributed by atoms with van der Waals surface area (Å²) in [6.07, 6.45) is 2.41. The molecule has 1 N–H and O–H groups in total. The van der Waals surface area contributed by atoms with Gasteiger partial charge in [-0.2, -0.15) is 0 Å². The third-order valence-electron chi connectivity index (χ3n) is 3.06. The van der Waals surface area contributed by atoms with Gasteiger partial charge in [-0.1, -0.05) is 12.1 Å². The Kier molecular flexibility index (Phi) is 3.67. The molecule has 1 aliphatic heterocycles. The molecule has 0 radical (unpaired) electrons. The van der Waals surface area contributed by atoms with Gasteiger partial charge in [0.25, 0.3) is 0 Å². The highest BCUT2D eigenvalue weighted by atomic mass is 19.1. The van der Waals surface area contributed by atoms with E-state index in [4.69, 9.17) is 9.47 Å². The zero-order chi connectivity index (χ0) is 13.8. The molecule has 0 aliphatic carbocycles. The summed E-state index contributed by atoms with van der Waals surface area (Å²) in [6.45, 7) is 1.71. The molecule has 0 unspecified atom stereocenters. The second-order valence-corrected chi connectivity index (χ2v) is 4.48. The van der Waals surface area contributed by atoms with Crippen LogP contribution in [0.3, 0.4) is 0 Å². The Morgan fingerprint density at radius 2 is 2.05 bits per heavy atom. The first-order chi connectivity index (χ1) is 9.84. The summed E-state index contributed by atoms with van der Waals surface area (Å²) in [4.78, 5) is 3.97. The summed E-state index contributed by atoms with van der Waals surface area (Å²) in [6, 6.07) is 8.65. The fraction of sp³-hybridized carbons (Fsp3) is 0.267. The Balaban J connectivity index is 1.80. The number of halogens is 1.